The molecular weight excluding hydrogens is 348 g/mol. The van der Waals surface area contributed by atoms with Crippen molar-refractivity contribution in [2.45, 2.75) is 26.3 Å². The summed E-state index contributed by atoms with van der Waals surface area (Å²) >= 11 is 1.68. The zero-order chi connectivity index (χ0) is 17.9. The first kappa shape index (κ1) is 17.1. The first-order chi connectivity index (χ1) is 12.7. The van der Waals surface area contributed by atoms with Gasteiger partial charge >= 0.3 is 0 Å². The van der Waals surface area contributed by atoms with Gasteiger partial charge in [0, 0.05) is 32.1 Å². The summed E-state index contributed by atoms with van der Waals surface area (Å²) in [7, 11) is 0. The fraction of sp³-hybridized carbons (Fsp3) is 0.444. The largest absolute Gasteiger partial charge is 0.353 e. The van der Waals surface area contributed by atoms with Crippen molar-refractivity contribution in [1.29, 1.82) is 0 Å². The highest BCUT2D eigenvalue weighted by atomic mass is 32.1. The highest BCUT2D eigenvalue weighted by Crippen LogP contribution is 2.23. The third-order valence-electron chi connectivity index (χ3n) is 4.48. The van der Waals surface area contributed by atoms with Crippen molar-refractivity contribution < 1.29 is 4.52 Å². The third-order valence-corrected chi connectivity index (χ3v) is 5.37. The van der Waals surface area contributed by atoms with Gasteiger partial charge in [0.25, 0.3) is 0 Å². The smallest absolute Gasteiger partial charge is 0.240 e. The molecule has 0 N–H and O–H groups in total. The third kappa shape index (κ3) is 3.76. The van der Waals surface area contributed by atoms with E-state index in [1.807, 2.05) is 12.1 Å². The van der Waals surface area contributed by atoms with Crippen molar-refractivity contribution in [3.63, 3.8) is 0 Å². The molecule has 4 rings (SSSR count). The van der Waals surface area contributed by atoms with Gasteiger partial charge in [-0.2, -0.15) is 4.98 Å². The monoisotopic (exact) mass is 370 g/mol. The van der Waals surface area contributed by atoms with Crippen LogP contribution in [0.1, 0.15) is 31.5 Å². The minimum Gasteiger partial charge on any atom is -0.353 e. The number of hydrogen-bond donors (Lipinski definition) is 0. The lowest BCUT2D eigenvalue weighted by Gasteiger charge is -2.34. The van der Waals surface area contributed by atoms with Crippen molar-refractivity contribution in [3.8, 4) is 10.6 Å². The Morgan fingerprint density at radius 1 is 1.12 bits per heavy atom. The molecule has 0 amide bonds. The maximum absolute atomic E-state index is 5.35. The molecule has 1 aliphatic rings. The summed E-state index contributed by atoms with van der Waals surface area (Å²) in [4.78, 5) is 10.2. The summed E-state index contributed by atoms with van der Waals surface area (Å²) < 4.78 is 5.35. The van der Waals surface area contributed by atoms with Gasteiger partial charge in [-0.15, -0.1) is 21.5 Å². The Kier molecular flexibility index (Phi) is 4.94. The number of aromatic nitrogens is 4. The van der Waals surface area contributed by atoms with E-state index in [4.69, 9.17) is 4.52 Å². The lowest BCUT2D eigenvalue weighted by atomic mass is 10.2. The SMILES string of the molecule is CC(C)c1noc(CN2CCN(c3ccc(-c4cccs4)nn3)CC2)n1. The Hall–Kier alpha value is -2.32. The molecule has 0 atom stereocenters. The van der Waals surface area contributed by atoms with Crippen LogP contribution in [0, 0.1) is 0 Å². The zero-order valence-corrected chi connectivity index (χ0v) is 15.8. The molecule has 4 heterocycles. The fourth-order valence-electron chi connectivity index (χ4n) is 2.94. The molecule has 0 aromatic carbocycles. The molecule has 1 saturated heterocycles. The van der Waals surface area contributed by atoms with Gasteiger partial charge in [-0.1, -0.05) is 25.1 Å². The second-order valence-electron chi connectivity index (χ2n) is 6.72. The molecule has 8 heteroatoms. The summed E-state index contributed by atoms with van der Waals surface area (Å²) in [5.74, 6) is 2.70. The molecule has 1 fully saturated rings. The molecule has 0 saturated carbocycles. The van der Waals surface area contributed by atoms with Crippen molar-refractivity contribution in [1.82, 2.24) is 25.2 Å². The van der Waals surface area contributed by atoms with E-state index < -0.39 is 0 Å². The average molecular weight is 370 g/mol. The Balaban J connectivity index is 1.33. The second kappa shape index (κ2) is 7.51. The number of rotatable bonds is 5. The average Bonchev–Trinajstić information content (AvgIpc) is 3.35. The quantitative estimate of drug-likeness (QED) is 0.683. The Bertz CT molecular complexity index is 822. The molecule has 0 unspecified atom stereocenters. The Labute approximate surface area is 156 Å². The minimum absolute atomic E-state index is 0.292. The number of hydrogen-bond acceptors (Lipinski definition) is 8. The highest BCUT2D eigenvalue weighted by molar-refractivity contribution is 7.13. The van der Waals surface area contributed by atoms with Crippen LogP contribution in [-0.2, 0) is 6.54 Å². The first-order valence-electron chi connectivity index (χ1n) is 8.86. The van der Waals surface area contributed by atoms with Crippen LogP contribution in [0.15, 0.2) is 34.2 Å². The summed E-state index contributed by atoms with van der Waals surface area (Å²) in [5, 5.41) is 14.9. The molecule has 0 bridgehead atoms. The van der Waals surface area contributed by atoms with E-state index in [1.54, 1.807) is 11.3 Å². The van der Waals surface area contributed by atoms with Gasteiger partial charge in [-0.05, 0) is 23.6 Å². The van der Waals surface area contributed by atoms with Crippen molar-refractivity contribution in [3.05, 3.63) is 41.4 Å². The summed E-state index contributed by atoms with van der Waals surface area (Å²) in [6, 6.07) is 8.20. The summed E-state index contributed by atoms with van der Waals surface area (Å²) in [6.07, 6.45) is 0. The molecule has 0 spiro atoms. The van der Waals surface area contributed by atoms with E-state index in [-0.39, 0.29) is 0 Å². The molecule has 136 valence electrons. The van der Waals surface area contributed by atoms with Crippen molar-refractivity contribution >= 4 is 17.2 Å². The van der Waals surface area contributed by atoms with Gasteiger partial charge in [-0.3, -0.25) is 4.90 Å². The molecule has 3 aromatic rings. The van der Waals surface area contributed by atoms with E-state index in [0.717, 1.165) is 48.4 Å². The molecule has 0 aliphatic carbocycles. The van der Waals surface area contributed by atoms with Crippen molar-refractivity contribution in [2.75, 3.05) is 31.1 Å². The fourth-order valence-corrected chi connectivity index (χ4v) is 3.63. The maximum Gasteiger partial charge on any atom is 0.240 e. The Morgan fingerprint density at radius 3 is 2.58 bits per heavy atom. The second-order valence-corrected chi connectivity index (χ2v) is 7.67. The van der Waals surface area contributed by atoms with Gasteiger partial charge in [0.15, 0.2) is 11.6 Å². The van der Waals surface area contributed by atoms with E-state index in [9.17, 15) is 0 Å². The lowest BCUT2D eigenvalue weighted by molar-refractivity contribution is 0.215. The van der Waals surface area contributed by atoms with E-state index in [2.05, 4.69) is 61.5 Å². The van der Waals surface area contributed by atoms with Crippen LogP contribution < -0.4 is 4.90 Å². The predicted octanol–water partition coefficient (Wildman–Crippen LogP) is 3.03. The minimum atomic E-state index is 0.292. The molecule has 26 heavy (non-hydrogen) atoms. The zero-order valence-electron chi connectivity index (χ0n) is 15.0. The van der Waals surface area contributed by atoms with Gasteiger partial charge < -0.3 is 9.42 Å². The first-order valence-corrected chi connectivity index (χ1v) is 9.74. The van der Waals surface area contributed by atoms with Crippen LogP contribution >= 0.6 is 11.3 Å². The van der Waals surface area contributed by atoms with Gasteiger partial charge in [0.1, 0.15) is 5.69 Å². The molecule has 0 radical (unpaired) electrons. The van der Waals surface area contributed by atoms with Crippen LogP contribution in [-0.4, -0.2) is 51.4 Å². The molecule has 1 aliphatic heterocycles. The van der Waals surface area contributed by atoms with Gasteiger partial charge in [0.05, 0.1) is 11.4 Å². The standard InChI is InChI=1S/C18H22N6OS/c1-13(2)18-19-17(25-22-18)12-23-7-9-24(10-8-23)16-6-5-14(20-21-16)15-4-3-11-26-15/h3-6,11,13H,7-10,12H2,1-2H3. The van der Waals surface area contributed by atoms with Gasteiger partial charge in [0.2, 0.25) is 5.89 Å². The number of anilines is 1. The van der Waals surface area contributed by atoms with E-state index >= 15 is 0 Å². The van der Waals surface area contributed by atoms with Crippen LogP contribution in [0.25, 0.3) is 10.6 Å². The van der Waals surface area contributed by atoms with Gasteiger partial charge in [-0.25, -0.2) is 0 Å². The van der Waals surface area contributed by atoms with Crippen LogP contribution in [0.4, 0.5) is 5.82 Å². The normalized spacial score (nSPS) is 15.7. The maximum atomic E-state index is 5.35. The molecule has 7 nitrogen and oxygen atoms in total. The van der Waals surface area contributed by atoms with Crippen molar-refractivity contribution in [2.24, 2.45) is 0 Å². The number of nitrogens with zero attached hydrogens (tertiary/aromatic N) is 6. The van der Waals surface area contributed by atoms with E-state index in [1.165, 1.54) is 0 Å². The number of piperazine rings is 1. The van der Waals surface area contributed by atoms with E-state index in [0.29, 0.717) is 18.4 Å². The van der Waals surface area contributed by atoms with Crippen LogP contribution in [0.2, 0.25) is 0 Å². The lowest BCUT2D eigenvalue weighted by Crippen LogP contribution is -2.46. The molecule has 3 aromatic heterocycles. The topological polar surface area (TPSA) is 71.2 Å². The molecular formula is C18H22N6OS. The van der Waals surface area contributed by atoms with Crippen LogP contribution in [0.3, 0.4) is 0 Å². The predicted molar refractivity (Wildman–Crippen MR) is 101 cm³/mol. The number of thiophene rings is 1. The summed E-state index contributed by atoms with van der Waals surface area (Å²) in [5.41, 5.74) is 0.930. The van der Waals surface area contributed by atoms with Crippen LogP contribution in [0.5, 0.6) is 0 Å². The summed E-state index contributed by atoms with van der Waals surface area (Å²) in [6.45, 7) is 8.55. The highest BCUT2D eigenvalue weighted by Gasteiger charge is 2.21. The Morgan fingerprint density at radius 2 is 1.96 bits per heavy atom.